The van der Waals surface area contributed by atoms with Gasteiger partial charge in [-0.1, -0.05) is 56.5 Å². The van der Waals surface area contributed by atoms with Crippen LogP contribution in [-0.4, -0.2) is 0 Å². The van der Waals surface area contributed by atoms with Gasteiger partial charge in [0, 0.05) is 0 Å². The zero-order chi connectivity index (χ0) is 16.3. The monoisotopic (exact) mass is 316 g/mol. The molecule has 0 bridgehead atoms. The molecule has 0 atom stereocenters. The van der Waals surface area contributed by atoms with Crippen molar-refractivity contribution in [2.45, 2.75) is 83.5 Å². The molecule has 0 amide bonds. The summed E-state index contributed by atoms with van der Waals surface area (Å²) >= 11 is 0. The lowest BCUT2D eigenvalue weighted by Crippen LogP contribution is -2.13. The third-order valence-corrected chi connectivity index (χ3v) is 5.45. The molecule has 1 saturated carbocycles. The first-order valence-electron chi connectivity index (χ1n) is 9.67. The number of rotatable bonds is 9. The second-order valence-electron chi connectivity index (χ2n) is 7.21. The first-order chi connectivity index (χ1) is 11.3. The van der Waals surface area contributed by atoms with Crippen molar-refractivity contribution in [3.63, 3.8) is 0 Å². The Morgan fingerprint density at radius 1 is 1.00 bits per heavy atom. The molecule has 0 aliphatic heterocycles. The molecule has 0 unspecified atom stereocenters. The molecule has 1 fully saturated rings. The molecule has 0 saturated heterocycles. The van der Waals surface area contributed by atoms with Gasteiger partial charge in [0.25, 0.3) is 0 Å². The number of hydrogen-bond donors (Lipinski definition) is 0. The van der Waals surface area contributed by atoms with E-state index in [1.54, 1.807) is 6.08 Å². The molecule has 0 nitrogen and oxygen atoms in total. The largest absolute Gasteiger partial charge is 0.216 e. The third-order valence-electron chi connectivity index (χ3n) is 5.45. The van der Waals surface area contributed by atoms with Gasteiger partial charge >= 0.3 is 0 Å². The molecular weight excluding hydrogens is 283 g/mol. The highest BCUT2D eigenvalue weighted by atomic mass is 19.1. The molecule has 1 aromatic carbocycles. The van der Waals surface area contributed by atoms with E-state index in [1.807, 2.05) is 0 Å². The van der Waals surface area contributed by atoms with Gasteiger partial charge in [-0.15, -0.1) is 0 Å². The van der Waals surface area contributed by atoms with Crippen LogP contribution in [-0.2, 0) is 6.42 Å². The molecule has 0 heterocycles. The predicted molar refractivity (Wildman–Crippen MR) is 98.5 cm³/mol. The van der Waals surface area contributed by atoms with E-state index >= 15 is 0 Å². The topological polar surface area (TPSA) is 0 Å². The smallest absolute Gasteiger partial charge is 0.0827 e. The van der Waals surface area contributed by atoms with Crippen molar-refractivity contribution in [2.24, 2.45) is 5.92 Å². The second kappa shape index (κ2) is 10.6. The Morgan fingerprint density at radius 3 is 2.39 bits per heavy atom. The summed E-state index contributed by atoms with van der Waals surface area (Å²) in [4.78, 5) is 0. The van der Waals surface area contributed by atoms with Crippen molar-refractivity contribution in [2.75, 3.05) is 0 Å². The number of hydrogen-bond acceptors (Lipinski definition) is 0. The van der Waals surface area contributed by atoms with Gasteiger partial charge in [-0.05, 0) is 74.3 Å². The van der Waals surface area contributed by atoms with Crippen molar-refractivity contribution >= 4 is 0 Å². The van der Waals surface area contributed by atoms with Crippen LogP contribution in [0.15, 0.2) is 36.7 Å². The Kier molecular flexibility index (Phi) is 8.42. The first kappa shape index (κ1) is 18.2. The third kappa shape index (κ3) is 6.49. The molecular formula is C22H33F. The predicted octanol–water partition coefficient (Wildman–Crippen LogP) is 7.35. The zero-order valence-corrected chi connectivity index (χ0v) is 14.8. The van der Waals surface area contributed by atoms with Gasteiger partial charge < -0.3 is 0 Å². The van der Waals surface area contributed by atoms with Gasteiger partial charge in [0.05, 0.1) is 6.33 Å². The highest BCUT2D eigenvalue weighted by Crippen LogP contribution is 2.37. The number of unbranched alkanes of at least 4 members (excludes halogenated alkanes) is 3. The molecule has 2 rings (SSSR count). The summed E-state index contributed by atoms with van der Waals surface area (Å²) in [6, 6.07) is 9.43. The van der Waals surface area contributed by atoms with E-state index in [1.165, 1.54) is 68.9 Å². The summed E-state index contributed by atoms with van der Waals surface area (Å²) < 4.78 is 12.0. The summed E-state index contributed by atoms with van der Waals surface area (Å²) in [6.07, 6.45) is 16.2. The fourth-order valence-corrected chi connectivity index (χ4v) is 3.89. The maximum atomic E-state index is 12.0. The summed E-state index contributed by atoms with van der Waals surface area (Å²) in [5.41, 5.74) is 3.03. The van der Waals surface area contributed by atoms with Crippen LogP contribution in [0.25, 0.3) is 0 Å². The van der Waals surface area contributed by atoms with Crippen LogP contribution in [0.5, 0.6) is 0 Å². The number of allylic oxidation sites excluding steroid dienone is 1. The number of benzene rings is 1. The van der Waals surface area contributed by atoms with E-state index in [4.69, 9.17) is 0 Å². The average molecular weight is 317 g/mol. The average Bonchev–Trinajstić information content (AvgIpc) is 2.60. The molecule has 0 aromatic heterocycles. The minimum atomic E-state index is 0.690. The Balaban J connectivity index is 1.73. The quantitative estimate of drug-likeness (QED) is 0.418. The molecule has 1 aliphatic carbocycles. The summed E-state index contributed by atoms with van der Waals surface area (Å²) in [7, 11) is 0. The molecule has 0 N–H and O–H groups in total. The van der Waals surface area contributed by atoms with Gasteiger partial charge in [-0.3, -0.25) is 0 Å². The second-order valence-corrected chi connectivity index (χ2v) is 7.21. The van der Waals surface area contributed by atoms with E-state index in [9.17, 15) is 4.39 Å². The standard InChI is InChI=1S/C22H33F/c1-2-3-4-5-8-19-10-14-21(15-11-19)22-16-12-20(13-17-22)9-6-7-18-23/h7,10-11,14-15,18,20,22H,2-6,8-9,12-13,16-17H2,1H3/b18-7+/t20-,22-. The normalized spacial score (nSPS) is 21.8. The van der Waals surface area contributed by atoms with Crippen molar-refractivity contribution in [1.29, 1.82) is 0 Å². The summed E-state index contributed by atoms with van der Waals surface area (Å²) in [5, 5.41) is 0. The fourth-order valence-electron chi connectivity index (χ4n) is 3.89. The minimum Gasteiger partial charge on any atom is -0.216 e. The van der Waals surface area contributed by atoms with E-state index in [0.717, 1.165) is 24.7 Å². The van der Waals surface area contributed by atoms with E-state index < -0.39 is 0 Å². The van der Waals surface area contributed by atoms with Crippen LogP contribution < -0.4 is 0 Å². The maximum Gasteiger partial charge on any atom is 0.0827 e. The van der Waals surface area contributed by atoms with Gasteiger partial charge in [0.2, 0.25) is 0 Å². The highest BCUT2D eigenvalue weighted by molar-refractivity contribution is 5.26. The SMILES string of the molecule is CCCCCCc1ccc([C@H]2CC[C@H](CC/C=C/F)CC2)cc1. The lowest BCUT2D eigenvalue weighted by Gasteiger charge is -2.28. The Morgan fingerprint density at radius 2 is 1.74 bits per heavy atom. The van der Waals surface area contributed by atoms with E-state index in [-0.39, 0.29) is 0 Å². The van der Waals surface area contributed by atoms with Crippen LogP contribution in [0, 0.1) is 5.92 Å². The molecule has 1 aromatic rings. The Labute approximate surface area is 142 Å². The van der Waals surface area contributed by atoms with Crippen LogP contribution in [0.2, 0.25) is 0 Å². The summed E-state index contributed by atoms with van der Waals surface area (Å²) in [5.74, 6) is 1.55. The molecule has 23 heavy (non-hydrogen) atoms. The Bertz CT molecular complexity index is 438. The molecule has 1 heteroatoms. The Hall–Kier alpha value is -1.11. The maximum absolute atomic E-state index is 12.0. The van der Waals surface area contributed by atoms with Gasteiger partial charge in [-0.25, -0.2) is 4.39 Å². The van der Waals surface area contributed by atoms with Gasteiger partial charge in [0.1, 0.15) is 0 Å². The molecule has 0 spiro atoms. The van der Waals surface area contributed by atoms with Crippen molar-refractivity contribution < 1.29 is 4.39 Å². The number of halogens is 1. The first-order valence-corrected chi connectivity index (χ1v) is 9.67. The fraction of sp³-hybridized carbons (Fsp3) is 0.636. The van der Waals surface area contributed by atoms with Crippen LogP contribution in [0.1, 0.15) is 88.2 Å². The lowest BCUT2D eigenvalue weighted by atomic mass is 9.77. The summed E-state index contributed by atoms with van der Waals surface area (Å²) in [6.45, 7) is 2.27. The van der Waals surface area contributed by atoms with Crippen molar-refractivity contribution in [3.8, 4) is 0 Å². The number of aryl methyl sites for hydroxylation is 1. The molecule has 1 aliphatic rings. The van der Waals surface area contributed by atoms with Crippen LogP contribution in [0.4, 0.5) is 4.39 Å². The van der Waals surface area contributed by atoms with Gasteiger partial charge in [0.15, 0.2) is 0 Å². The van der Waals surface area contributed by atoms with Crippen LogP contribution >= 0.6 is 0 Å². The minimum absolute atomic E-state index is 0.690. The van der Waals surface area contributed by atoms with E-state index in [2.05, 4.69) is 31.2 Å². The van der Waals surface area contributed by atoms with Gasteiger partial charge in [-0.2, -0.15) is 0 Å². The lowest BCUT2D eigenvalue weighted by molar-refractivity contribution is 0.311. The van der Waals surface area contributed by atoms with Crippen molar-refractivity contribution in [3.05, 3.63) is 47.8 Å². The molecule has 128 valence electrons. The van der Waals surface area contributed by atoms with Crippen LogP contribution in [0.3, 0.4) is 0 Å². The van der Waals surface area contributed by atoms with E-state index in [0.29, 0.717) is 6.33 Å². The van der Waals surface area contributed by atoms with Crippen molar-refractivity contribution in [1.82, 2.24) is 0 Å². The zero-order valence-electron chi connectivity index (χ0n) is 14.8. The highest BCUT2D eigenvalue weighted by Gasteiger charge is 2.21. The molecule has 0 radical (unpaired) electrons.